The van der Waals surface area contributed by atoms with Crippen molar-refractivity contribution < 1.29 is 14.7 Å². The molecule has 0 aliphatic carbocycles. The highest BCUT2D eigenvalue weighted by Crippen LogP contribution is 1.99. The number of H-pyrrole nitrogens is 1. The molecule has 0 unspecified atom stereocenters. The second-order valence-electron chi connectivity index (χ2n) is 3.84. The number of hydrogen-bond acceptors (Lipinski definition) is 5. The SMILES string of the molecule is O=C(Cn1ccnn1)N[C@H](Cc1cnc[nH]1)C(=O)O. The Labute approximate surface area is 107 Å². The lowest BCUT2D eigenvalue weighted by Crippen LogP contribution is -2.43. The number of aromatic amines is 1. The van der Waals surface area contributed by atoms with E-state index in [0.717, 1.165) is 0 Å². The lowest BCUT2D eigenvalue weighted by Gasteiger charge is -2.13. The minimum atomic E-state index is -1.11. The van der Waals surface area contributed by atoms with E-state index in [0.29, 0.717) is 5.69 Å². The Bertz CT molecular complexity index is 536. The number of carbonyl (C=O) groups excluding carboxylic acids is 1. The molecule has 2 aromatic heterocycles. The summed E-state index contributed by atoms with van der Waals surface area (Å²) in [7, 11) is 0. The summed E-state index contributed by atoms with van der Waals surface area (Å²) in [6.07, 6.45) is 6.06. The van der Waals surface area contributed by atoms with Gasteiger partial charge < -0.3 is 15.4 Å². The van der Waals surface area contributed by atoms with Gasteiger partial charge >= 0.3 is 5.97 Å². The fraction of sp³-hybridized carbons (Fsp3) is 0.300. The van der Waals surface area contributed by atoms with Crippen molar-refractivity contribution in [2.75, 3.05) is 0 Å². The van der Waals surface area contributed by atoms with Gasteiger partial charge in [0.2, 0.25) is 5.91 Å². The molecule has 2 aromatic rings. The third kappa shape index (κ3) is 3.63. The molecule has 0 fully saturated rings. The number of nitrogens with zero attached hydrogens (tertiary/aromatic N) is 4. The molecule has 0 aromatic carbocycles. The van der Waals surface area contributed by atoms with Crippen molar-refractivity contribution in [1.29, 1.82) is 0 Å². The number of aliphatic carboxylic acids is 1. The Morgan fingerprint density at radius 2 is 2.37 bits per heavy atom. The number of carboxylic acid groups (broad SMARTS) is 1. The van der Waals surface area contributed by atoms with E-state index < -0.39 is 17.9 Å². The van der Waals surface area contributed by atoms with Gasteiger partial charge in [-0.05, 0) is 0 Å². The molecule has 1 amide bonds. The normalized spacial score (nSPS) is 12.0. The quantitative estimate of drug-likeness (QED) is 0.602. The zero-order valence-corrected chi connectivity index (χ0v) is 9.85. The molecule has 2 heterocycles. The first-order valence-electron chi connectivity index (χ1n) is 5.48. The van der Waals surface area contributed by atoms with E-state index in [1.54, 1.807) is 0 Å². The molecule has 0 aliphatic rings. The van der Waals surface area contributed by atoms with Gasteiger partial charge in [0.05, 0.1) is 12.5 Å². The lowest BCUT2D eigenvalue weighted by atomic mass is 10.1. The van der Waals surface area contributed by atoms with Gasteiger partial charge in [0.1, 0.15) is 12.6 Å². The van der Waals surface area contributed by atoms with Crippen LogP contribution < -0.4 is 5.32 Å². The van der Waals surface area contributed by atoms with Gasteiger partial charge in [-0.1, -0.05) is 5.21 Å². The summed E-state index contributed by atoms with van der Waals surface area (Å²) < 4.78 is 1.31. The molecule has 0 bridgehead atoms. The number of amides is 1. The molecule has 1 atom stereocenters. The highest BCUT2D eigenvalue weighted by molar-refractivity contribution is 5.83. The average molecular weight is 264 g/mol. The predicted molar refractivity (Wildman–Crippen MR) is 61.9 cm³/mol. The van der Waals surface area contributed by atoms with Crippen LogP contribution >= 0.6 is 0 Å². The van der Waals surface area contributed by atoms with Crippen molar-refractivity contribution in [3.8, 4) is 0 Å². The van der Waals surface area contributed by atoms with Gasteiger partial charge in [-0.2, -0.15) is 0 Å². The fourth-order valence-corrected chi connectivity index (χ4v) is 1.52. The maximum atomic E-state index is 11.7. The monoisotopic (exact) mass is 264 g/mol. The summed E-state index contributed by atoms with van der Waals surface area (Å²) >= 11 is 0. The number of carbonyl (C=O) groups is 2. The fourth-order valence-electron chi connectivity index (χ4n) is 1.52. The number of rotatable bonds is 6. The first-order valence-corrected chi connectivity index (χ1v) is 5.48. The Kier molecular flexibility index (Phi) is 3.86. The highest BCUT2D eigenvalue weighted by Gasteiger charge is 2.21. The largest absolute Gasteiger partial charge is 0.480 e. The minimum Gasteiger partial charge on any atom is -0.480 e. The summed E-state index contributed by atoms with van der Waals surface area (Å²) in [5.41, 5.74) is 0.633. The van der Waals surface area contributed by atoms with Crippen molar-refractivity contribution in [3.63, 3.8) is 0 Å². The minimum absolute atomic E-state index is 0.0766. The van der Waals surface area contributed by atoms with Gasteiger partial charge in [-0.25, -0.2) is 14.5 Å². The van der Waals surface area contributed by atoms with E-state index in [4.69, 9.17) is 5.11 Å². The second-order valence-corrected chi connectivity index (χ2v) is 3.84. The second kappa shape index (κ2) is 5.76. The number of imidazole rings is 1. The van der Waals surface area contributed by atoms with E-state index >= 15 is 0 Å². The van der Waals surface area contributed by atoms with Crippen molar-refractivity contribution in [2.24, 2.45) is 0 Å². The van der Waals surface area contributed by atoms with Crippen LogP contribution in [0.3, 0.4) is 0 Å². The summed E-state index contributed by atoms with van der Waals surface area (Å²) in [6.45, 7) is -0.0766. The summed E-state index contributed by atoms with van der Waals surface area (Å²) in [4.78, 5) is 29.3. The summed E-state index contributed by atoms with van der Waals surface area (Å²) in [6, 6.07) is -1.02. The number of nitrogens with one attached hydrogen (secondary N) is 2. The van der Waals surface area contributed by atoms with E-state index in [-0.39, 0.29) is 13.0 Å². The molecule has 0 saturated carbocycles. The third-order valence-corrected chi connectivity index (χ3v) is 2.39. The van der Waals surface area contributed by atoms with E-state index in [2.05, 4.69) is 25.6 Å². The van der Waals surface area contributed by atoms with Crippen LogP contribution in [0.5, 0.6) is 0 Å². The van der Waals surface area contributed by atoms with Gasteiger partial charge in [-0.3, -0.25) is 4.79 Å². The zero-order chi connectivity index (χ0) is 13.7. The van der Waals surface area contributed by atoms with Crippen LogP contribution in [0.15, 0.2) is 24.9 Å². The molecule has 9 nitrogen and oxygen atoms in total. The van der Waals surface area contributed by atoms with E-state index in [1.165, 1.54) is 29.6 Å². The van der Waals surface area contributed by atoms with Gasteiger partial charge in [0, 0.05) is 24.5 Å². The van der Waals surface area contributed by atoms with E-state index in [1.807, 2.05) is 0 Å². The van der Waals surface area contributed by atoms with E-state index in [9.17, 15) is 9.59 Å². The Morgan fingerprint density at radius 1 is 1.53 bits per heavy atom. The Balaban J connectivity index is 1.93. The first-order chi connectivity index (χ1) is 9.15. The van der Waals surface area contributed by atoms with Crippen LogP contribution in [-0.2, 0) is 22.6 Å². The van der Waals surface area contributed by atoms with Crippen LogP contribution in [0.2, 0.25) is 0 Å². The Hall–Kier alpha value is -2.71. The topological polar surface area (TPSA) is 126 Å². The van der Waals surface area contributed by atoms with Crippen LogP contribution in [0, 0.1) is 0 Å². The van der Waals surface area contributed by atoms with Crippen molar-refractivity contribution in [3.05, 3.63) is 30.6 Å². The van der Waals surface area contributed by atoms with Gasteiger partial charge in [0.25, 0.3) is 0 Å². The third-order valence-electron chi connectivity index (χ3n) is 2.39. The van der Waals surface area contributed by atoms with Crippen LogP contribution in [0.1, 0.15) is 5.69 Å². The van der Waals surface area contributed by atoms with Crippen LogP contribution in [-0.4, -0.2) is 48.0 Å². The number of aromatic nitrogens is 5. The highest BCUT2D eigenvalue weighted by atomic mass is 16.4. The molecular weight excluding hydrogens is 252 g/mol. The standard InChI is InChI=1S/C10H12N6O3/c17-9(5-16-2-1-13-15-16)14-8(10(18)19)3-7-4-11-6-12-7/h1-2,4,6,8H,3,5H2,(H,11,12)(H,14,17)(H,18,19)/t8-/m1/s1. The molecule has 0 radical (unpaired) electrons. The zero-order valence-electron chi connectivity index (χ0n) is 9.85. The molecule has 3 N–H and O–H groups in total. The summed E-state index contributed by atoms with van der Waals surface area (Å²) in [5, 5.41) is 18.7. The predicted octanol–water partition coefficient (Wildman–Crippen LogP) is -1.19. The van der Waals surface area contributed by atoms with Crippen LogP contribution in [0.25, 0.3) is 0 Å². The molecule has 0 spiro atoms. The molecule has 100 valence electrons. The summed E-state index contributed by atoms with van der Waals surface area (Å²) in [5.74, 6) is -1.56. The molecule has 0 aliphatic heterocycles. The lowest BCUT2D eigenvalue weighted by molar-refractivity contribution is -0.141. The average Bonchev–Trinajstić information content (AvgIpc) is 3.00. The van der Waals surface area contributed by atoms with Crippen molar-refractivity contribution in [1.82, 2.24) is 30.3 Å². The van der Waals surface area contributed by atoms with Gasteiger partial charge in [-0.15, -0.1) is 5.10 Å². The number of carboxylic acids is 1. The van der Waals surface area contributed by atoms with Gasteiger partial charge in [0.15, 0.2) is 0 Å². The first kappa shape index (κ1) is 12.7. The maximum absolute atomic E-state index is 11.7. The number of hydrogen-bond donors (Lipinski definition) is 3. The maximum Gasteiger partial charge on any atom is 0.326 e. The van der Waals surface area contributed by atoms with Crippen LogP contribution in [0.4, 0.5) is 0 Å². The smallest absolute Gasteiger partial charge is 0.326 e. The van der Waals surface area contributed by atoms with Crippen molar-refractivity contribution >= 4 is 11.9 Å². The molecular formula is C10H12N6O3. The molecule has 2 rings (SSSR count). The molecule has 0 saturated heterocycles. The molecule has 19 heavy (non-hydrogen) atoms. The Morgan fingerprint density at radius 3 is 2.95 bits per heavy atom. The van der Waals surface area contributed by atoms with Crippen molar-refractivity contribution in [2.45, 2.75) is 19.0 Å². The molecule has 9 heteroatoms.